The van der Waals surface area contributed by atoms with Gasteiger partial charge < -0.3 is 9.36 Å². The Morgan fingerprint density at radius 3 is 2.77 bits per heavy atom. The molecule has 162 valence electrons. The van der Waals surface area contributed by atoms with E-state index >= 15 is 0 Å². The lowest BCUT2D eigenvalue weighted by molar-refractivity contribution is -0.130. The van der Waals surface area contributed by atoms with E-state index in [1.807, 2.05) is 30.3 Å². The molecule has 0 spiro atoms. The van der Waals surface area contributed by atoms with Crippen LogP contribution < -0.4 is 0 Å². The smallest absolute Gasteiger partial charge is 0.168 e. The van der Waals surface area contributed by atoms with Gasteiger partial charge in [0.1, 0.15) is 29.9 Å². The van der Waals surface area contributed by atoms with Gasteiger partial charge in [-0.1, -0.05) is 40.6 Å². The van der Waals surface area contributed by atoms with Crippen LogP contribution in [-0.4, -0.2) is 34.8 Å². The molecule has 1 saturated carbocycles. The van der Waals surface area contributed by atoms with Gasteiger partial charge in [-0.2, -0.15) is 0 Å². The number of nitrogens with zero attached hydrogens (tertiary/aromatic N) is 2. The molecule has 7 heteroatoms. The van der Waals surface area contributed by atoms with Gasteiger partial charge in [0, 0.05) is 32.1 Å². The summed E-state index contributed by atoms with van der Waals surface area (Å²) in [4.78, 5) is 43.2. The van der Waals surface area contributed by atoms with E-state index in [0.717, 1.165) is 5.56 Å². The van der Waals surface area contributed by atoms with E-state index in [1.54, 1.807) is 6.92 Å². The summed E-state index contributed by atoms with van der Waals surface area (Å²) in [5, 5.41) is 8.10. The Morgan fingerprint density at radius 2 is 2.00 bits per heavy atom. The van der Waals surface area contributed by atoms with Crippen LogP contribution in [0.25, 0.3) is 0 Å². The number of carbonyl (C=O) groups excluding carboxylic acids is 3. The minimum absolute atomic E-state index is 0.00820. The first kappa shape index (κ1) is 21.2. The predicted molar refractivity (Wildman–Crippen MR) is 113 cm³/mol. The number of oxime groups is 1. The molecule has 1 fully saturated rings. The summed E-state index contributed by atoms with van der Waals surface area (Å²) in [6, 6.07) is 9.90. The summed E-state index contributed by atoms with van der Waals surface area (Å²) in [6.07, 6.45) is 3.02. The summed E-state index contributed by atoms with van der Waals surface area (Å²) in [5.41, 5.74) is 2.63. The van der Waals surface area contributed by atoms with Gasteiger partial charge in [0.05, 0.1) is 17.0 Å². The Kier molecular flexibility index (Phi) is 6.39. The summed E-state index contributed by atoms with van der Waals surface area (Å²) < 4.78 is 5.49. The van der Waals surface area contributed by atoms with Crippen molar-refractivity contribution >= 4 is 23.1 Å². The van der Waals surface area contributed by atoms with E-state index in [0.29, 0.717) is 61.4 Å². The summed E-state index contributed by atoms with van der Waals surface area (Å²) >= 11 is 0. The highest BCUT2D eigenvalue weighted by molar-refractivity contribution is 6.22. The third kappa shape index (κ3) is 4.50. The summed E-state index contributed by atoms with van der Waals surface area (Å²) in [7, 11) is 0. The van der Waals surface area contributed by atoms with Crippen molar-refractivity contribution in [2.75, 3.05) is 6.61 Å². The van der Waals surface area contributed by atoms with Crippen LogP contribution in [0.3, 0.4) is 0 Å². The highest BCUT2D eigenvalue weighted by Gasteiger charge is 2.36. The Balaban J connectivity index is 1.46. The third-order valence-corrected chi connectivity index (χ3v) is 6.00. The van der Waals surface area contributed by atoms with Crippen molar-refractivity contribution in [1.82, 2.24) is 5.16 Å². The van der Waals surface area contributed by atoms with Gasteiger partial charge in [-0.15, -0.1) is 0 Å². The monoisotopic (exact) mass is 422 g/mol. The number of aromatic nitrogens is 1. The maximum absolute atomic E-state index is 12.9. The first-order valence-corrected chi connectivity index (χ1v) is 10.9. The fourth-order valence-electron chi connectivity index (χ4n) is 4.49. The Hall–Kier alpha value is -3.09. The molecule has 1 heterocycles. The molecule has 4 rings (SSSR count). The minimum atomic E-state index is -0.846. The second-order valence-electron chi connectivity index (χ2n) is 8.09. The zero-order valence-electron chi connectivity index (χ0n) is 17.6. The fourth-order valence-corrected chi connectivity index (χ4v) is 4.49. The molecule has 7 nitrogen and oxygen atoms in total. The molecule has 0 N–H and O–H groups in total. The van der Waals surface area contributed by atoms with Gasteiger partial charge in [0.2, 0.25) is 0 Å². The Labute approximate surface area is 180 Å². The van der Waals surface area contributed by atoms with E-state index in [9.17, 15) is 14.4 Å². The molecule has 2 aromatic rings. The van der Waals surface area contributed by atoms with Crippen LogP contribution in [0.1, 0.15) is 72.3 Å². The number of hydrogen-bond acceptors (Lipinski definition) is 7. The van der Waals surface area contributed by atoms with Crippen molar-refractivity contribution in [3.05, 3.63) is 52.9 Å². The molecule has 0 saturated heterocycles. The number of benzene rings is 1. The van der Waals surface area contributed by atoms with Gasteiger partial charge in [0.25, 0.3) is 0 Å². The zero-order chi connectivity index (χ0) is 21.8. The van der Waals surface area contributed by atoms with Crippen LogP contribution in [0.4, 0.5) is 0 Å². The topological polar surface area (TPSA) is 98.8 Å². The molecule has 1 aromatic carbocycles. The molecule has 0 radical (unpaired) electrons. The van der Waals surface area contributed by atoms with Crippen LogP contribution in [0.5, 0.6) is 0 Å². The van der Waals surface area contributed by atoms with Crippen molar-refractivity contribution in [3.63, 3.8) is 0 Å². The maximum atomic E-state index is 12.9. The van der Waals surface area contributed by atoms with Crippen molar-refractivity contribution in [3.8, 4) is 0 Å². The number of Topliss-reactive ketones (excluding diaryl/α,β-unsaturated/α-hetero) is 3. The van der Waals surface area contributed by atoms with E-state index in [4.69, 9.17) is 9.36 Å². The van der Waals surface area contributed by atoms with Crippen LogP contribution in [0.15, 0.2) is 40.0 Å². The molecule has 2 aliphatic rings. The number of fused-ring (bicyclic) bond motifs is 1. The SMILES string of the molecule is CCON=C1CCCC(=O)C1C(=O)CCc1noc2c1C(=O)CC(c1ccccc1)C2. The van der Waals surface area contributed by atoms with Crippen LogP contribution in [0.2, 0.25) is 0 Å². The van der Waals surface area contributed by atoms with Gasteiger partial charge in [-0.25, -0.2) is 0 Å². The Morgan fingerprint density at radius 1 is 1.19 bits per heavy atom. The lowest BCUT2D eigenvalue weighted by Gasteiger charge is -2.21. The zero-order valence-corrected chi connectivity index (χ0v) is 17.6. The number of hydrogen-bond donors (Lipinski definition) is 0. The largest absolute Gasteiger partial charge is 0.396 e. The van der Waals surface area contributed by atoms with Crippen molar-refractivity contribution in [2.24, 2.45) is 11.1 Å². The standard InChI is InChI=1S/C24H26N2O5/c1-2-30-25-17-9-6-10-19(27)23(17)20(28)12-11-18-24-21(29)13-16(14-22(24)31-26-18)15-7-4-3-5-8-15/h3-5,7-8,16,23H,2,6,9-14H2,1H3. The van der Waals surface area contributed by atoms with Gasteiger partial charge in [-0.3, -0.25) is 14.4 Å². The van der Waals surface area contributed by atoms with E-state index in [-0.39, 0.29) is 36.1 Å². The average Bonchev–Trinajstić information content (AvgIpc) is 3.20. The molecule has 2 unspecified atom stereocenters. The molecule has 0 aliphatic heterocycles. The number of ketones is 3. The Bertz CT molecular complexity index is 1010. The third-order valence-electron chi connectivity index (χ3n) is 6.00. The van der Waals surface area contributed by atoms with Crippen LogP contribution in [0, 0.1) is 5.92 Å². The average molecular weight is 422 g/mol. The predicted octanol–water partition coefficient (Wildman–Crippen LogP) is 3.85. The number of carbonyl (C=O) groups is 3. The molecule has 2 aliphatic carbocycles. The van der Waals surface area contributed by atoms with Gasteiger partial charge in [0.15, 0.2) is 5.78 Å². The molecule has 0 bridgehead atoms. The van der Waals surface area contributed by atoms with Crippen molar-refractivity contribution in [2.45, 2.75) is 57.8 Å². The van der Waals surface area contributed by atoms with Crippen molar-refractivity contribution in [1.29, 1.82) is 0 Å². The number of aryl methyl sites for hydroxylation is 1. The second kappa shape index (κ2) is 9.37. The molecular weight excluding hydrogens is 396 g/mol. The lowest BCUT2D eigenvalue weighted by Crippen LogP contribution is -2.35. The van der Waals surface area contributed by atoms with E-state index < -0.39 is 5.92 Å². The maximum Gasteiger partial charge on any atom is 0.168 e. The summed E-state index contributed by atoms with van der Waals surface area (Å²) in [6.45, 7) is 2.19. The van der Waals surface area contributed by atoms with E-state index in [1.165, 1.54) is 0 Å². The molecule has 31 heavy (non-hydrogen) atoms. The number of rotatable bonds is 7. The highest BCUT2D eigenvalue weighted by Crippen LogP contribution is 2.34. The highest BCUT2D eigenvalue weighted by atomic mass is 16.6. The molecule has 1 aromatic heterocycles. The van der Waals surface area contributed by atoms with E-state index in [2.05, 4.69) is 10.3 Å². The minimum Gasteiger partial charge on any atom is -0.396 e. The van der Waals surface area contributed by atoms with Gasteiger partial charge in [-0.05, 0) is 31.2 Å². The van der Waals surface area contributed by atoms with Gasteiger partial charge >= 0.3 is 0 Å². The van der Waals surface area contributed by atoms with Crippen LogP contribution in [-0.2, 0) is 27.3 Å². The second-order valence-corrected chi connectivity index (χ2v) is 8.09. The normalized spacial score (nSPS) is 22.4. The lowest BCUT2D eigenvalue weighted by atomic mass is 9.80. The first-order valence-electron chi connectivity index (χ1n) is 10.9. The molecule has 0 amide bonds. The summed E-state index contributed by atoms with van der Waals surface area (Å²) in [5.74, 6) is -0.517. The quantitative estimate of drug-likeness (QED) is 0.496. The fraction of sp³-hybridized carbons (Fsp3) is 0.458. The van der Waals surface area contributed by atoms with Crippen LogP contribution >= 0.6 is 0 Å². The van der Waals surface area contributed by atoms with Crippen molar-refractivity contribution < 1.29 is 23.7 Å². The molecule has 2 atom stereocenters. The molecular formula is C24H26N2O5. The first-order chi connectivity index (χ1) is 15.1.